The van der Waals surface area contributed by atoms with Gasteiger partial charge in [-0.3, -0.25) is 9.48 Å². The number of likely N-dealkylation sites (tertiary alicyclic amines) is 1. The molecule has 3 rings (SSSR count). The molecule has 1 saturated carbocycles. The largest absolute Gasteiger partial charge is 0.377 e. The van der Waals surface area contributed by atoms with E-state index in [0.717, 1.165) is 17.8 Å². The number of aryl methyl sites for hydroxylation is 1. The Balaban J connectivity index is 1.55. The second-order valence-corrected chi connectivity index (χ2v) is 7.69. The molecule has 2 heterocycles. The number of aromatic nitrogens is 2. The van der Waals surface area contributed by atoms with E-state index in [1.54, 1.807) is 0 Å². The Morgan fingerprint density at radius 1 is 1.32 bits per heavy atom. The molecule has 1 aromatic heterocycles. The molecule has 1 amide bonds. The van der Waals surface area contributed by atoms with Crippen molar-refractivity contribution in [2.75, 3.05) is 20.2 Å². The van der Waals surface area contributed by atoms with Crippen molar-refractivity contribution in [2.24, 2.45) is 13.0 Å². The van der Waals surface area contributed by atoms with Crippen molar-refractivity contribution in [1.82, 2.24) is 20.0 Å². The summed E-state index contributed by atoms with van der Waals surface area (Å²) < 4.78 is 7.97. The van der Waals surface area contributed by atoms with E-state index in [-0.39, 0.29) is 18.0 Å². The molecule has 6 nitrogen and oxygen atoms in total. The van der Waals surface area contributed by atoms with Gasteiger partial charge in [0.05, 0.1) is 24.9 Å². The number of ether oxygens (including phenoxy) is 1. The first-order valence-corrected chi connectivity index (χ1v) is 9.58. The van der Waals surface area contributed by atoms with Crippen molar-refractivity contribution in [2.45, 2.75) is 64.1 Å². The first-order valence-electron chi connectivity index (χ1n) is 9.58. The monoisotopic (exact) mass is 348 g/mol. The molecular weight excluding hydrogens is 316 g/mol. The van der Waals surface area contributed by atoms with E-state index in [9.17, 15) is 4.79 Å². The Morgan fingerprint density at radius 2 is 2.08 bits per heavy atom. The molecule has 0 spiro atoms. The lowest BCUT2D eigenvalue weighted by Crippen LogP contribution is -2.38. The number of carbonyl (C=O) groups excluding carboxylic acids is 1. The van der Waals surface area contributed by atoms with E-state index in [2.05, 4.69) is 24.3 Å². The van der Waals surface area contributed by atoms with Gasteiger partial charge in [-0.05, 0) is 25.7 Å². The summed E-state index contributed by atoms with van der Waals surface area (Å²) in [7, 11) is 3.83. The van der Waals surface area contributed by atoms with Gasteiger partial charge in [0.1, 0.15) is 0 Å². The maximum Gasteiger partial charge on any atom is 0.224 e. The molecule has 1 aliphatic heterocycles. The van der Waals surface area contributed by atoms with Gasteiger partial charge < -0.3 is 15.0 Å². The average Bonchev–Trinajstić information content (AvgIpc) is 3.06. The topological polar surface area (TPSA) is 59.4 Å². The molecule has 1 saturated heterocycles. The summed E-state index contributed by atoms with van der Waals surface area (Å²) in [4.78, 5) is 14.1. The van der Waals surface area contributed by atoms with Crippen molar-refractivity contribution in [1.29, 1.82) is 0 Å². The minimum atomic E-state index is 0.0507. The number of hydrogen-bond donors (Lipinski definition) is 1. The highest BCUT2D eigenvalue weighted by Crippen LogP contribution is 2.33. The molecule has 1 aromatic rings. The van der Waals surface area contributed by atoms with E-state index in [1.807, 2.05) is 29.9 Å². The second kappa shape index (κ2) is 7.87. The van der Waals surface area contributed by atoms with Crippen LogP contribution in [0.15, 0.2) is 6.20 Å². The zero-order valence-electron chi connectivity index (χ0n) is 16.0. The lowest BCUT2D eigenvalue weighted by Gasteiger charge is -2.29. The van der Waals surface area contributed by atoms with Crippen LogP contribution in [0, 0.1) is 12.8 Å². The highest BCUT2D eigenvalue weighted by Gasteiger charge is 2.39. The number of amides is 1. The molecule has 0 unspecified atom stereocenters. The number of carbonyl (C=O) groups is 1. The molecule has 0 bridgehead atoms. The van der Waals surface area contributed by atoms with Crippen molar-refractivity contribution in [3.8, 4) is 0 Å². The number of nitrogens with zero attached hydrogens (tertiary/aromatic N) is 3. The van der Waals surface area contributed by atoms with Crippen LogP contribution in [-0.2, 0) is 16.6 Å². The van der Waals surface area contributed by atoms with Crippen molar-refractivity contribution >= 4 is 5.91 Å². The van der Waals surface area contributed by atoms with E-state index in [1.165, 1.54) is 25.7 Å². The lowest BCUT2D eigenvalue weighted by atomic mass is 9.88. The standard InChI is InChI=1S/C19H32N4O2/c1-13-7-5-6-8-17(13)25-10-9-20-16-11-18(24)22(3)19(16)15-12-21-23(4)14(15)2/h12-13,16-17,19-20H,5-11H2,1-4H3/t13-,16-,17+,19+/m1/s1. The van der Waals surface area contributed by atoms with Gasteiger partial charge in [-0.15, -0.1) is 0 Å². The molecule has 25 heavy (non-hydrogen) atoms. The smallest absolute Gasteiger partial charge is 0.224 e. The minimum Gasteiger partial charge on any atom is -0.377 e. The molecule has 2 fully saturated rings. The van der Waals surface area contributed by atoms with Crippen LogP contribution in [0.1, 0.15) is 56.3 Å². The Hall–Kier alpha value is -1.40. The first kappa shape index (κ1) is 18.4. The Morgan fingerprint density at radius 3 is 2.76 bits per heavy atom. The van der Waals surface area contributed by atoms with Crippen molar-refractivity contribution in [3.63, 3.8) is 0 Å². The summed E-state index contributed by atoms with van der Waals surface area (Å²) in [5, 5.41) is 7.90. The van der Waals surface area contributed by atoms with Gasteiger partial charge in [-0.25, -0.2) is 0 Å². The van der Waals surface area contributed by atoms with Gasteiger partial charge in [0.15, 0.2) is 0 Å². The quantitative estimate of drug-likeness (QED) is 0.801. The van der Waals surface area contributed by atoms with Crippen LogP contribution in [0.3, 0.4) is 0 Å². The normalized spacial score (nSPS) is 30.2. The Kier molecular flexibility index (Phi) is 5.79. The second-order valence-electron chi connectivity index (χ2n) is 7.69. The van der Waals surface area contributed by atoms with Gasteiger partial charge in [0.25, 0.3) is 0 Å². The summed E-state index contributed by atoms with van der Waals surface area (Å²) in [5.41, 5.74) is 2.25. The first-order chi connectivity index (χ1) is 12.0. The Bertz CT molecular complexity index is 600. The fourth-order valence-corrected chi connectivity index (χ4v) is 4.27. The molecular formula is C19H32N4O2. The summed E-state index contributed by atoms with van der Waals surface area (Å²) in [6.45, 7) is 5.85. The van der Waals surface area contributed by atoms with E-state index in [4.69, 9.17) is 4.74 Å². The van der Waals surface area contributed by atoms with Crippen LogP contribution in [-0.4, -0.2) is 52.9 Å². The predicted molar refractivity (Wildman–Crippen MR) is 97.2 cm³/mol. The number of hydrogen-bond acceptors (Lipinski definition) is 4. The van der Waals surface area contributed by atoms with Crippen LogP contribution in [0.5, 0.6) is 0 Å². The van der Waals surface area contributed by atoms with Gasteiger partial charge in [0, 0.05) is 44.4 Å². The molecule has 0 aromatic carbocycles. The summed E-state index contributed by atoms with van der Waals surface area (Å²) >= 11 is 0. The van der Waals surface area contributed by atoms with E-state index in [0.29, 0.717) is 25.0 Å². The predicted octanol–water partition coefficient (Wildman–Crippen LogP) is 2.19. The molecule has 0 radical (unpaired) electrons. The third kappa shape index (κ3) is 3.90. The van der Waals surface area contributed by atoms with E-state index >= 15 is 0 Å². The minimum absolute atomic E-state index is 0.0507. The van der Waals surface area contributed by atoms with Gasteiger partial charge in [-0.2, -0.15) is 5.10 Å². The van der Waals surface area contributed by atoms with Crippen molar-refractivity contribution < 1.29 is 9.53 Å². The average molecular weight is 348 g/mol. The zero-order chi connectivity index (χ0) is 18.0. The van der Waals surface area contributed by atoms with Crippen molar-refractivity contribution in [3.05, 3.63) is 17.5 Å². The summed E-state index contributed by atoms with van der Waals surface area (Å²) in [6, 6.07) is 0.169. The van der Waals surface area contributed by atoms with Gasteiger partial charge in [0.2, 0.25) is 5.91 Å². The van der Waals surface area contributed by atoms with Crippen LogP contribution in [0.25, 0.3) is 0 Å². The maximum absolute atomic E-state index is 12.2. The molecule has 2 aliphatic rings. The number of likely N-dealkylation sites (N-methyl/N-ethyl adjacent to an activating group) is 1. The fraction of sp³-hybridized carbons (Fsp3) is 0.789. The molecule has 4 atom stereocenters. The highest BCUT2D eigenvalue weighted by molar-refractivity contribution is 5.80. The van der Waals surface area contributed by atoms with Crippen LogP contribution < -0.4 is 5.32 Å². The number of nitrogens with one attached hydrogen (secondary N) is 1. The molecule has 6 heteroatoms. The molecule has 1 aliphatic carbocycles. The lowest BCUT2D eigenvalue weighted by molar-refractivity contribution is -0.127. The van der Waals surface area contributed by atoms with Crippen LogP contribution in [0.4, 0.5) is 0 Å². The van der Waals surface area contributed by atoms with E-state index < -0.39 is 0 Å². The summed E-state index contributed by atoms with van der Waals surface area (Å²) in [6.07, 6.45) is 7.92. The Labute approximate surface area is 150 Å². The third-order valence-corrected chi connectivity index (χ3v) is 6.05. The third-order valence-electron chi connectivity index (χ3n) is 6.05. The van der Waals surface area contributed by atoms with Crippen LogP contribution in [0.2, 0.25) is 0 Å². The highest BCUT2D eigenvalue weighted by atomic mass is 16.5. The molecule has 140 valence electrons. The van der Waals surface area contributed by atoms with Gasteiger partial charge >= 0.3 is 0 Å². The van der Waals surface area contributed by atoms with Gasteiger partial charge in [-0.1, -0.05) is 19.8 Å². The van der Waals surface area contributed by atoms with Crippen LogP contribution >= 0.6 is 0 Å². The number of rotatable bonds is 6. The fourth-order valence-electron chi connectivity index (χ4n) is 4.27. The molecule has 1 N–H and O–H groups in total. The summed E-state index contributed by atoms with van der Waals surface area (Å²) in [5.74, 6) is 0.853. The maximum atomic E-state index is 12.2. The SMILES string of the molecule is Cc1c([C@H]2[C@H](NCCO[C@H]3CCCC[C@H]3C)CC(=O)N2C)cnn1C. The zero-order valence-corrected chi connectivity index (χ0v) is 16.0.